The van der Waals surface area contributed by atoms with E-state index >= 15 is 0 Å². The number of esters is 1. The number of carbonyl (C=O) groups excluding carboxylic acids is 4. The molecule has 4 aliphatic carbocycles. The van der Waals surface area contributed by atoms with Crippen LogP contribution in [0.15, 0.2) is 23.8 Å². The summed E-state index contributed by atoms with van der Waals surface area (Å²) in [6, 6.07) is 0. The van der Waals surface area contributed by atoms with Gasteiger partial charge in [-0.2, -0.15) is 16.8 Å². The molecule has 0 aromatic carbocycles. The van der Waals surface area contributed by atoms with E-state index in [1.807, 2.05) is 0 Å². The molecule has 14 heteroatoms. The van der Waals surface area contributed by atoms with Crippen molar-refractivity contribution in [1.82, 2.24) is 0 Å². The molecule has 4 aliphatic rings. The molecule has 0 aromatic heterocycles. The Hall–Kier alpha value is -2.26. The topological polar surface area (TPSA) is 184 Å². The van der Waals surface area contributed by atoms with Gasteiger partial charge in [0.15, 0.2) is 12.4 Å². The Balaban J connectivity index is 1.91. The van der Waals surface area contributed by atoms with E-state index in [-0.39, 0.29) is 24.8 Å². The molecule has 0 amide bonds. The summed E-state index contributed by atoms with van der Waals surface area (Å²) in [7, 11) is -8.50. The van der Waals surface area contributed by atoms with Gasteiger partial charge < -0.3 is 9.84 Å². The quantitative estimate of drug-likeness (QED) is 0.316. The molecule has 3 saturated carbocycles. The molecule has 8 atom stereocenters. The van der Waals surface area contributed by atoms with Crippen LogP contribution in [0.5, 0.6) is 0 Å². The summed E-state index contributed by atoms with van der Waals surface area (Å²) < 4.78 is 65.3. The lowest BCUT2D eigenvalue weighted by Crippen LogP contribution is -2.66. The van der Waals surface area contributed by atoms with Gasteiger partial charge in [0.05, 0.1) is 12.5 Å². The average molecular weight is 589 g/mol. The molecule has 39 heavy (non-hydrogen) atoms. The summed E-state index contributed by atoms with van der Waals surface area (Å²) in [6.07, 6.45) is 2.04. The minimum atomic E-state index is -4.27. The average Bonchev–Trinajstić information content (AvgIpc) is 3.04. The van der Waals surface area contributed by atoms with Gasteiger partial charge >= 0.3 is 5.97 Å². The van der Waals surface area contributed by atoms with Gasteiger partial charge in [0.1, 0.15) is 23.6 Å². The van der Waals surface area contributed by atoms with E-state index in [1.54, 1.807) is 13.8 Å². The van der Waals surface area contributed by atoms with Gasteiger partial charge in [-0.05, 0) is 36.5 Å². The second-order valence-corrected chi connectivity index (χ2v) is 14.6. The minimum absolute atomic E-state index is 0.0893. The fraction of sp³-hybridized carbons (Fsp3) is 0.680. The Morgan fingerprint density at radius 3 is 2.26 bits per heavy atom. The van der Waals surface area contributed by atoms with Crippen molar-refractivity contribution >= 4 is 43.6 Å². The molecular formula is C25H32O12S2. The van der Waals surface area contributed by atoms with E-state index in [4.69, 9.17) is 13.1 Å². The number of ketones is 3. The number of allylic oxidation sites excluding steroid dienone is 3. The first-order valence-corrected chi connectivity index (χ1v) is 16.0. The summed E-state index contributed by atoms with van der Waals surface area (Å²) in [5.41, 5.74) is -4.67. The molecule has 0 unspecified atom stereocenters. The van der Waals surface area contributed by atoms with Gasteiger partial charge in [-0.15, -0.1) is 0 Å². The van der Waals surface area contributed by atoms with Crippen molar-refractivity contribution < 1.29 is 54.2 Å². The van der Waals surface area contributed by atoms with Crippen LogP contribution in [0, 0.1) is 28.6 Å². The lowest BCUT2D eigenvalue weighted by atomic mass is 9.45. The first kappa shape index (κ1) is 29.7. The summed E-state index contributed by atoms with van der Waals surface area (Å²) >= 11 is 0. The Morgan fingerprint density at radius 2 is 1.69 bits per heavy atom. The zero-order chi connectivity index (χ0) is 29.3. The first-order valence-electron chi connectivity index (χ1n) is 12.4. The monoisotopic (exact) mass is 588 g/mol. The highest BCUT2D eigenvalue weighted by Crippen LogP contribution is 2.67. The Labute approximate surface area is 227 Å². The number of hydrogen-bond donors (Lipinski definition) is 1. The number of carbonyl (C=O) groups is 4. The molecule has 1 N–H and O–H groups in total. The van der Waals surface area contributed by atoms with Crippen LogP contribution >= 0.6 is 0 Å². The van der Waals surface area contributed by atoms with Gasteiger partial charge in [0, 0.05) is 36.0 Å². The predicted octanol–water partition coefficient (Wildman–Crippen LogP) is 0.246. The molecule has 0 spiro atoms. The Morgan fingerprint density at radius 1 is 1.08 bits per heavy atom. The molecule has 12 nitrogen and oxygen atoms in total. The maximum Gasteiger partial charge on any atom is 0.303 e. The van der Waals surface area contributed by atoms with Crippen LogP contribution in [0.4, 0.5) is 0 Å². The maximum absolute atomic E-state index is 14.0. The molecular weight excluding hydrogens is 556 g/mol. The SMILES string of the molecule is CC(=O)OCC(=O)[C@@]1(O)CC[C@H]2[C@@H]3[C@@H](OS(C)(=O)=O)[C@@H](OS(C)(=O)=O)C4=CC(=O)C=C[C@]4(C)[C@H]3C(=O)C[C@@]21C. The molecule has 0 bridgehead atoms. The van der Waals surface area contributed by atoms with Gasteiger partial charge in [0.2, 0.25) is 5.78 Å². The lowest BCUT2D eigenvalue weighted by Gasteiger charge is -2.59. The third-order valence-electron chi connectivity index (χ3n) is 8.89. The number of fused-ring (bicyclic) bond motifs is 5. The molecule has 0 heterocycles. The highest BCUT2D eigenvalue weighted by molar-refractivity contribution is 7.86. The van der Waals surface area contributed by atoms with Crippen LogP contribution in [0.3, 0.4) is 0 Å². The number of Topliss-reactive ketones (excluding diaryl/α,β-unsaturated/α-hetero) is 2. The van der Waals surface area contributed by atoms with Crippen LogP contribution < -0.4 is 0 Å². The predicted molar refractivity (Wildman–Crippen MR) is 134 cm³/mol. The van der Waals surface area contributed by atoms with Crippen LogP contribution in [0.1, 0.15) is 40.0 Å². The third kappa shape index (κ3) is 4.94. The zero-order valence-electron chi connectivity index (χ0n) is 22.2. The number of ether oxygens (including phenoxy) is 1. The van der Waals surface area contributed by atoms with Gasteiger partial charge in [0.25, 0.3) is 20.2 Å². The number of rotatable bonds is 7. The second kappa shape index (κ2) is 9.40. The van der Waals surface area contributed by atoms with Crippen molar-refractivity contribution in [2.45, 2.75) is 57.8 Å². The van der Waals surface area contributed by atoms with Crippen molar-refractivity contribution in [3.63, 3.8) is 0 Å². The highest BCUT2D eigenvalue weighted by Gasteiger charge is 2.72. The third-order valence-corrected chi connectivity index (χ3v) is 10.0. The minimum Gasteiger partial charge on any atom is -0.458 e. The Kier molecular flexibility index (Phi) is 7.16. The molecule has 0 saturated heterocycles. The van der Waals surface area contributed by atoms with Gasteiger partial charge in [-0.25, -0.2) is 0 Å². The molecule has 0 aromatic rings. The van der Waals surface area contributed by atoms with E-state index < -0.39 is 96.6 Å². The van der Waals surface area contributed by atoms with Crippen LogP contribution in [-0.4, -0.2) is 82.2 Å². The van der Waals surface area contributed by atoms with Crippen molar-refractivity contribution in [2.75, 3.05) is 19.1 Å². The smallest absolute Gasteiger partial charge is 0.303 e. The van der Waals surface area contributed by atoms with Gasteiger partial charge in [-0.3, -0.25) is 27.5 Å². The van der Waals surface area contributed by atoms with E-state index in [0.29, 0.717) is 0 Å². The molecule has 3 fully saturated rings. The number of hydrogen-bond acceptors (Lipinski definition) is 12. The summed E-state index contributed by atoms with van der Waals surface area (Å²) in [5, 5.41) is 11.7. The summed E-state index contributed by atoms with van der Waals surface area (Å²) in [5.74, 6) is -5.19. The van der Waals surface area contributed by atoms with Crippen LogP contribution in [0.2, 0.25) is 0 Å². The largest absolute Gasteiger partial charge is 0.458 e. The zero-order valence-corrected chi connectivity index (χ0v) is 23.8. The van der Waals surface area contributed by atoms with Crippen LogP contribution in [0.25, 0.3) is 0 Å². The highest BCUT2D eigenvalue weighted by atomic mass is 32.2. The maximum atomic E-state index is 14.0. The molecule has 216 valence electrons. The van der Waals surface area contributed by atoms with Crippen molar-refractivity contribution in [1.29, 1.82) is 0 Å². The second-order valence-electron chi connectivity index (χ2n) is 11.4. The molecule has 0 radical (unpaired) electrons. The normalized spacial score (nSPS) is 39.8. The van der Waals surface area contributed by atoms with Crippen molar-refractivity contribution in [3.05, 3.63) is 23.8 Å². The standard InChI is InChI=1S/C25H32O12S2/c1-13(26)35-12-18(29)25(30)9-7-15-19-20(17(28)11-24(15,25)3)23(2)8-6-14(27)10-16(23)21(36-38(4,31)32)22(19)37-39(5,33)34/h6,8,10,15,19-22,30H,7,9,11-12H2,1-5H3/t15-,19-,20-,21-,22+,23-,24-,25-/m0/s1. The van der Waals surface area contributed by atoms with Gasteiger partial charge in [-0.1, -0.05) is 19.9 Å². The molecule has 4 rings (SSSR count). The first-order chi connectivity index (χ1) is 17.7. The summed E-state index contributed by atoms with van der Waals surface area (Å²) in [4.78, 5) is 50.8. The van der Waals surface area contributed by atoms with Crippen molar-refractivity contribution in [2.24, 2.45) is 28.6 Å². The van der Waals surface area contributed by atoms with E-state index in [2.05, 4.69) is 0 Å². The van der Waals surface area contributed by atoms with E-state index in [0.717, 1.165) is 25.5 Å². The summed E-state index contributed by atoms with van der Waals surface area (Å²) in [6.45, 7) is 3.58. The fourth-order valence-electron chi connectivity index (χ4n) is 7.36. The van der Waals surface area contributed by atoms with E-state index in [9.17, 15) is 41.1 Å². The molecule has 0 aliphatic heterocycles. The Bertz CT molecular complexity index is 1410. The van der Waals surface area contributed by atoms with Crippen LogP contribution in [-0.2, 0) is 52.5 Å². The number of aliphatic hydroxyl groups is 1. The fourth-order valence-corrected chi connectivity index (χ4v) is 8.58. The lowest BCUT2D eigenvalue weighted by molar-refractivity contribution is -0.180. The van der Waals surface area contributed by atoms with E-state index in [1.165, 1.54) is 12.2 Å². The van der Waals surface area contributed by atoms with Crippen molar-refractivity contribution in [3.8, 4) is 0 Å².